The predicted molar refractivity (Wildman–Crippen MR) is 129 cm³/mol. The number of phosphoric acid groups is 2. The van der Waals surface area contributed by atoms with E-state index in [0.717, 1.165) is 21.4 Å². The van der Waals surface area contributed by atoms with Crippen LogP contribution in [-0.4, -0.2) is 63.9 Å². The molecule has 0 amide bonds. The lowest BCUT2D eigenvalue weighted by Crippen LogP contribution is -2.43. The molecule has 15 nitrogen and oxygen atoms in total. The van der Waals surface area contributed by atoms with E-state index in [1.807, 2.05) is 0 Å². The van der Waals surface area contributed by atoms with Gasteiger partial charge in [0.25, 0.3) is 5.56 Å². The maximum Gasteiger partial charge on any atom is 0.481 e. The first kappa shape index (κ1) is 29.1. The Kier molecular flexibility index (Phi) is 8.44. The summed E-state index contributed by atoms with van der Waals surface area (Å²) in [5.74, 6) is -0.454. The van der Waals surface area contributed by atoms with Crippen molar-refractivity contribution in [2.24, 2.45) is 0 Å². The zero-order valence-electron chi connectivity index (χ0n) is 19.6. The number of aromatic nitrogens is 3. The third kappa shape index (κ3) is 7.01. The highest BCUT2D eigenvalue weighted by molar-refractivity contribution is 7.60. The van der Waals surface area contributed by atoms with Crippen LogP contribution in [-0.2, 0) is 29.2 Å². The molecule has 39 heavy (non-hydrogen) atoms. The highest BCUT2D eigenvalue weighted by Crippen LogP contribution is 2.57. The number of phosphoric ester groups is 1. The van der Waals surface area contributed by atoms with Crippen LogP contribution in [0.1, 0.15) is 11.9 Å². The summed E-state index contributed by atoms with van der Waals surface area (Å²) in [5.41, 5.74) is -0.293. The molecule has 0 bridgehead atoms. The van der Waals surface area contributed by atoms with Gasteiger partial charge in [0.2, 0.25) is 0 Å². The summed E-state index contributed by atoms with van der Waals surface area (Å²) in [7, 11) is -10.7. The Hall–Kier alpha value is -2.88. The van der Waals surface area contributed by atoms with Crippen LogP contribution in [0.5, 0.6) is 0 Å². The van der Waals surface area contributed by atoms with E-state index in [4.69, 9.17) is 14.5 Å². The lowest BCUT2D eigenvalue weighted by molar-refractivity contribution is -0.0547. The van der Waals surface area contributed by atoms with E-state index in [9.17, 15) is 38.2 Å². The summed E-state index contributed by atoms with van der Waals surface area (Å²) in [5, 5.41) is 20.7. The fraction of sp³-hybridized carbons (Fsp3) is 0.286. The van der Waals surface area contributed by atoms with Gasteiger partial charge in [0, 0.05) is 18.5 Å². The Balaban J connectivity index is 1.55. The van der Waals surface area contributed by atoms with E-state index in [1.54, 1.807) is 18.2 Å². The van der Waals surface area contributed by atoms with Crippen LogP contribution in [0.3, 0.4) is 0 Å². The highest BCUT2D eigenvalue weighted by Gasteiger charge is 2.46. The summed E-state index contributed by atoms with van der Waals surface area (Å²) in [6.07, 6.45) is -4.25. The van der Waals surface area contributed by atoms with Crippen molar-refractivity contribution in [3.05, 3.63) is 87.2 Å². The Morgan fingerprint density at radius 3 is 2.44 bits per heavy atom. The number of nitrogens with zero attached hydrogens (tertiary/aromatic N) is 3. The normalized spacial score (nSPS) is 23.0. The van der Waals surface area contributed by atoms with Gasteiger partial charge in [-0.3, -0.25) is 23.4 Å². The molecule has 0 saturated carbocycles. The second-order valence-corrected chi connectivity index (χ2v) is 11.2. The highest BCUT2D eigenvalue weighted by atomic mass is 31.3. The summed E-state index contributed by atoms with van der Waals surface area (Å²) < 4.78 is 51.1. The van der Waals surface area contributed by atoms with Gasteiger partial charge in [-0.15, -0.1) is 0 Å². The molecule has 3 aromatic rings. The maximum atomic E-state index is 13.6. The number of aliphatic hydroxyl groups is 2. The molecule has 4 rings (SSSR count). The average Bonchev–Trinajstić information content (AvgIpc) is 3.13. The van der Waals surface area contributed by atoms with Crippen LogP contribution in [0.25, 0.3) is 11.1 Å². The van der Waals surface area contributed by atoms with Crippen molar-refractivity contribution in [3.63, 3.8) is 0 Å². The minimum atomic E-state index is -5.40. The van der Waals surface area contributed by atoms with Gasteiger partial charge in [-0.25, -0.2) is 18.3 Å². The van der Waals surface area contributed by atoms with E-state index in [1.165, 1.54) is 24.4 Å². The number of hydrogen-bond acceptors (Lipinski definition) is 10. The first-order valence-corrected chi connectivity index (χ1v) is 14.1. The number of pyridine rings is 1. The fourth-order valence-corrected chi connectivity index (χ4v) is 5.47. The zero-order chi connectivity index (χ0) is 28.5. The van der Waals surface area contributed by atoms with E-state index < -0.39 is 63.9 Å². The number of rotatable bonds is 9. The van der Waals surface area contributed by atoms with Crippen molar-refractivity contribution in [2.45, 2.75) is 31.1 Å². The Bertz CT molecular complexity index is 1570. The van der Waals surface area contributed by atoms with E-state index in [2.05, 4.69) is 13.8 Å². The first-order chi connectivity index (χ1) is 18.2. The van der Waals surface area contributed by atoms with Crippen LogP contribution in [0.15, 0.2) is 64.4 Å². The van der Waals surface area contributed by atoms with E-state index >= 15 is 0 Å². The molecule has 1 saturated heterocycles. The standard InChI is InChI=1S/C21H22FN3O12P2/c22-14-3-1-2-12(8-14)13-4-6-23-15(9-13)10-25-17(26)5-7-24(21(25)29)20-19(28)18(27)16(36-20)11-35-39(33,34)37-38(30,31)32/h1-9,16,18-20,27-28H,10-11H2,(H,33,34)(H2,30,31,32)/t16-,18?,19?,20-/m1/s1. The van der Waals surface area contributed by atoms with Gasteiger partial charge in [0.05, 0.1) is 18.8 Å². The van der Waals surface area contributed by atoms with Gasteiger partial charge in [-0.2, -0.15) is 4.31 Å². The van der Waals surface area contributed by atoms with Gasteiger partial charge in [-0.1, -0.05) is 12.1 Å². The molecule has 0 aliphatic carbocycles. The fourth-order valence-electron chi connectivity index (χ4n) is 3.87. The Morgan fingerprint density at radius 1 is 1.03 bits per heavy atom. The molecule has 3 unspecified atom stereocenters. The SMILES string of the molecule is O=c1ccn([C@@H]2O[C@H](COP(=O)(O)OP(=O)(O)O)C(O)C2O)c(=O)n1Cc1cc(-c2cccc(F)c2)ccn1. The molecular formula is C21H22FN3O12P2. The largest absolute Gasteiger partial charge is 0.481 e. The van der Waals surface area contributed by atoms with Gasteiger partial charge in [0.15, 0.2) is 6.23 Å². The monoisotopic (exact) mass is 589 g/mol. The molecule has 1 aliphatic heterocycles. The van der Waals surface area contributed by atoms with E-state index in [0.29, 0.717) is 11.1 Å². The number of benzene rings is 1. The molecule has 18 heteroatoms. The quantitative estimate of drug-likeness (QED) is 0.209. The van der Waals surface area contributed by atoms with Crippen molar-refractivity contribution in [1.29, 1.82) is 0 Å². The van der Waals surface area contributed by atoms with Gasteiger partial charge < -0.3 is 29.6 Å². The lowest BCUT2D eigenvalue weighted by Gasteiger charge is -2.19. The maximum absolute atomic E-state index is 13.6. The van der Waals surface area contributed by atoms with Crippen molar-refractivity contribution in [2.75, 3.05) is 6.61 Å². The van der Waals surface area contributed by atoms with Crippen LogP contribution in [0.2, 0.25) is 0 Å². The lowest BCUT2D eigenvalue weighted by atomic mass is 10.1. The molecule has 0 radical (unpaired) electrons. The summed E-state index contributed by atoms with van der Waals surface area (Å²) in [4.78, 5) is 56.6. The summed E-state index contributed by atoms with van der Waals surface area (Å²) in [6.45, 7) is -1.28. The minimum absolute atomic E-state index is 0.275. The average molecular weight is 589 g/mol. The number of halogens is 1. The minimum Gasteiger partial charge on any atom is -0.387 e. The smallest absolute Gasteiger partial charge is 0.387 e. The predicted octanol–water partition coefficient (Wildman–Crippen LogP) is 0.105. The summed E-state index contributed by atoms with van der Waals surface area (Å²) >= 11 is 0. The van der Waals surface area contributed by atoms with E-state index in [-0.39, 0.29) is 12.2 Å². The van der Waals surface area contributed by atoms with Crippen molar-refractivity contribution >= 4 is 15.6 Å². The molecule has 2 aromatic heterocycles. The molecule has 1 aliphatic rings. The van der Waals surface area contributed by atoms with Crippen LogP contribution >= 0.6 is 15.6 Å². The zero-order valence-corrected chi connectivity index (χ0v) is 21.4. The Morgan fingerprint density at radius 2 is 1.74 bits per heavy atom. The Labute approximate surface area is 218 Å². The second kappa shape index (κ2) is 11.3. The van der Waals surface area contributed by atoms with Crippen LogP contribution in [0.4, 0.5) is 4.39 Å². The van der Waals surface area contributed by atoms with Gasteiger partial charge in [0.1, 0.15) is 24.1 Å². The molecule has 3 heterocycles. The van der Waals surface area contributed by atoms with Gasteiger partial charge in [-0.05, 0) is 35.4 Å². The number of aliphatic hydroxyl groups excluding tert-OH is 2. The molecule has 1 fully saturated rings. The first-order valence-electron chi connectivity index (χ1n) is 11.0. The van der Waals surface area contributed by atoms with Crippen molar-refractivity contribution in [1.82, 2.24) is 14.1 Å². The molecule has 0 spiro atoms. The van der Waals surface area contributed by atoms with Crippen LogP contribution in [0, 0.1) is 5.82 Å². The molecule has 210 valence electrons. The van der Waals surface area contributed by atoms with Crippen LogP contribution < -0.4 is 11.2 Å². The molecule has 5 N–H and O–H groups in total. The van der Waals surface area contributed by atoms with Crippen molar-refractivity contribution in [3.8, 4) is 11.1 Å². The number of hydrogen-bond donors (Lipinski definition) is 5. The second-order valence-electron chi connectivity index (χ2n) is 8.36. The third-order valence-electron chi connectivity index (χ3n) is 5.61. The topological polar surface area (TPSA) is 220 Å². The number of ether oxygens (including phenoxy) is 1. The molecule has 1 aromatic carbocycles. The third-order valence-corrected chi connectivity index (χ3v) is 7.76. The van der Waals surface area contributed by atoms with Crippen molar-refractivity contribution < 1.29 is 52.0 Å². The molecule has 5 atom stereocenters. The molecular weight excluding hydrogens is 567 g/mol. The van der Waals surface area contributed by atoms with Gasteiger partial charge >= 0.3 is 21.3 Å². The summed E-state index contributed by atoms with van der Waals surface area (Å²) in [6, 6.07) is 9.95.